The molecular weight excluding hydrogens is 214 g/mol. The predicted molar refractivity (Wildman–Crippen MR) is 68.0 cm³/mol. The van der Waals surface area contributed by atoms with Gasteiger partial charge in [-0.05, 0) is 36.9 Å². The second-order valence-corrected chi connectivity index (χ2v) is 5.07. The Kier molecular flexibility index (Phi) is 3.84. The molecule has 0 unspecified atom stereocenters. The van der Waals surface area contributed by atoms with Crippen molar-refractivity contribution in [3.05, 3.63) is 24.5 Å². The molecule has 1 fully saturated rings. The zero-order valence-corrected chi connectivity index (χ0v) is 10.2. The maximum atomic E-state index is 12.0. The number of carbonyl (C=O) groups excluding carboxylic acids is 1. The fraction of sp³-hybridized carbons (Fsp3) is 0.615. The number of nitrogens with zero attached hydrogens (tertiary/aromatic N) is 1. The molecule has 4 nitrogen and oxygen atoms in total. The van der Waals surface area contributed by atoms with Gasteiger partial charge in [-0.1, -0.05) is 19.3 Å². The summed E-state index contributed by atoms with van der Waals surface area (Å²) in [5.41, 5.74) is 8.76. The summed E-state index contributed by atoms with van der Waals surface area (Å²) in [5.74, 6) is 0.0635. The van der Waals surface area contributed by atoms with E-state index in [1.54, 1.807) is 4.68 Å². The van der Waals surface area contributed by atoms with Crippen LogP contribution < -0.4 is 11.2 Å². The highest BCUT2D eigenvalue weighted by molar-refractivity contribution is 5.84. The summed E-state index contributed by atoms with van der Waals surface area (Å²) in [6.45, 7) is 0.617. The van der Waals surface area contributed by atoms with Gasteiger partial charge in [0.2, 0.25) is 5.91 Å². The van der Waals surface area contributed by atoms with Crippen LogP contribution in [-0.4, -0.2) is 17.1 Å². The third-order valence-electron chi connectivity index (χ3n) is 3.74. The molecule has 0 aliphatic heterocycles. The number of carbonyl (C=O) groups is 1. The van der Waals surface area contributed by atoms with E-state index in [-0.39, 0.29) is 11.3 Å². The predicted octanol–water partition coefficient (Wildman–Crippen LogP) is 1.86. The van der Waals surface area contributed by atoms with Crippen molar-refractivity contribution in [3.63, 3.8) is 0 Å². The van der Waals surface area contributed by atoms with E-state index in [1.807, 2.05) is 24.5 Å². The first-order chi connectivity index (χ1) is 8.24. The van der Waals surface area contributed by atoms with Crippen LogP contribution in [0.2, 0.25) is 0 Å². The molecule has 0 spiro atoms. The molecule has 0 aromatic carbocycles. The highest BCUT2D eigenvalue weighted by Crippen LogP contribution is 2.38. The van der Waals surface area contributed by atoms with Crippen molar-refractivity contribution in [2.45, 2.75) is 38.5 Å². The molecule has 0 saturated heterocycles. The molecule has 1 heterocycles. The molecule has 0 radical (unpaired) electrons. The molecule has 1 aromatic heterocycles. The highest BCUT2D eigenvalue weighted by Gasteiger charge is 2.32. The average Bonchev–Trinajstić information content (AvgIpc) is 2.83. The molecule has 1 amide bonds. The average molecular weight is 235 g/mol. The van der Waals surface area contributed by atoms with E-state index in [9.17, 15) is 4.79 Å². The van der Waals surface area contributed by atoms with E-state index >= 15 is 0 Å². The highest BCUT2D eigenvalue weighted by atomic mass is 16.2. The van der Waals surface area contributed by atoms with E-state index in [2.05, 4.69) is 5.43 Å². The van der Waals surface area contributed by atoms with Crippen molar-refractivity contribution >= 4 is 5.91 Å². The van der Waals surface area contributed by atoms with Crippen molar-refractivity contribution in [2.75, 3.05) is 12.0 Å². The molecule has 4 heteroatoms. The van der Waals surface area contributed by atoms with Gasteiger partial charge >= 0.3 is 0 Å². The Balaban J connectivity index is 1.91. The topological polar surface area (TPSA) is 60.1 Å². The first-order valence-corrected chi connectivity index (χ1v) is 6.37. The number of nitrogens with two attached hydrogens (primary N) is 1. The van der Waals surface area contributed by atoms with Crippen LogP contribution in [0.15, 0.2) is 24.5 Å². The van der Waals surface area contributed by atoms with E-state index in [4.69, 9.17) is 5.73 Å². The largest absolute Gasteiger partial charge is 0.330 e. The van der Waals surface area contributed by atoms with Gasteiger partial charge in [-0.3, -0.25) is 14.9 Å². The van der Waals surface area contributed by atoms with Crippen LogP contribution in [0.5, 0.6) is 0 Å². The Morgan fingerprint density at radius 2 is 1.88 bits per heavy atom. The van der Waals surface area contributed by atoms with Crippen LogP contribution in [0.4, 0.5) is 0 Å². The van der Waals surface area contributed by atoms with E-state index in [0.717, 1.165) is 12.8 Å². The Labute approximate surface area is 102 Å². The standard InChI is InChI=1S/C13H21N3O/c14-11-13(6-2-1-3-7-13)10-12(17)15-16-8-4-5-9-16/h4-5,8-9H,1-3,6-7,10-11,14H2,(H,15,17). The number of hydrogen-bond acceptors (Lipinski definition) is 2. The lowest BCUT2D eigenvalue weighted by Crippen LogP contribution is -2.37. The molecular formula is C13H21N3O. The first kappa shape index (κ1) is 12.2. The maximum absolute atomic E-state index is 12.0. The van der Waals surface area contributed by atoms with Crippen LogP contribution in [-0.2, 0) is 4.79 Å². The monoisotopic (exact) mass is 235 g/mol. The van der Waals surface area contributed by atoms with Crippen molar-refractivity contribution in [1.29, 1.82) is 0 Å². The van der Waals surface area contributed by atoms with Gasteiger partial charge in [0.25, 0.3) is 0 Å². The lowest BCUT2D eigenvalue weighted by atomic mass is 9.72. The molecule has 0 bridgehead atoms. The smallest absolute Gasteiger partial charge is 0.239 e. The van der Waals surface area contributed by atoms with Gasteiger partial charge < -0.3 is 5.73 Å². The zero-order chi connectivity index (χ0) is 12.1. The molecule has 0 atom stereocenters. The number of rotatable bonds is 4. The SMILES string of the molecule is NCC1(CC(=O)Nn2cccc2)CCCCC1. The lowest BCUT2D eigenvalue weighted by molar-refractivity contribution is -0.119. The fourth-order valence-corrected chi connectivity index (χ4v) is 2.69. The van der Waals surface area contributed by atoms with Crippen LogP contribution in [0.1, 0.15) is 38.5 Å². The van der Waals surface area contributed by atoms with E-state index in [0.29, 0.717) is 13.0 Å². The Morgan fingerprint density at radius 1 is 1.24 bits per heavy atom. The molecule has 94 valence electrons. The molecule has 17 heavy (non-hydrogen) atoms. The second kappa shape index (κ2) is 5.36. The van der Waals surface area contributed by atoms with Gasteiger partial charge in [0.05, 0.1) is 0 Å². The van der Waals surface area contributed by atoms with Gasteiger partial charge in [0, 0.05) is 18.8 Å². The van der Waals surface area contributed by atoms with E-state index < -0.39 is 0 Å². The number of hydrogen-bond donors (Lipinski definition) is 2. The Bertz CT molecular complexity index is 353. The number of nitrogens with one attached hydrogen (secondary N) is 1. The molecule has 2 rings (SSSR count). The van der Waals surface area contributed by atoms with Gasteiger partial charge in [0.15, 0.2) is 0 Å². The minimum absolute atomic E-state index is 0.0372. The molecule has 1 aliphatic rings. The van der Waals surface area contributed by atoms with Crippen molar-refractivity contribution in [3.8, 4) is 0 Å². The minimum Gasteiger partial charge on any atom is -0.330 e. The van der Waals surface area contributed by atoms with Gasteiger partial charge in [0.1, 0.15) is 0 Å². The van der Waals surface area contributed by atoms with Crippen LogP contribution in [0.3, 0.4) is 0 Å². The first-order valence-electron chi connectivity index (χ1n) is 6.37. The summed E-state index contributed by atoms with van der Waals surface area (Å²) in [4.78, 5) is 12.0. The summed E-state index contributed by atoms with van der Waals surface area (Å²) in [5, 5.41) is 0. The van der Waals surface area contributed by atoms with Crippen LogP contribution in [0.25, 0.3) is 0 Å². The van der Waals surface area contributed by atoms with Crippen molar-refractivity contribution in [2.24, 2.45) is 11.1 Å². The zero-order valence-electron chi connectivity index (χ0n) is 10.2. The number of aromatic nitrogens is 1. The summed E-state index contributed by atoms with van der Waals surface area (Å²) >= 11 is 0. The van der Waals surface area contributed by atoms with Gasteiger partial charge in [-0.15, -0.1) is 0 Å². The normalized spacial score (nSPS) is 18.9. The summed E-state index contributed by atoms with van der Waals surface area (Å²) < 4.78 is 1.69. The summed E-state index contributed by atoms with van der Waals surface area (Å²) in [6.07, 6.45) is 10.1. The second-order valence-electron chi connectivity index (χ2n) is 5.07. The minimum atomic E-state index is 0.0372. The quantitative estimate of drug-likeness (QED) is 0.836. The summed E-state index contributed by atoms with van der Waals surface area (Å²) in [6, 6.07) is 3.78. The van der Waals surface area contributed by atoms with Crippen LogP contribution in [0, 0.1) is 5.41 Å². The molecule has 1 aliphatic carbocycles. The third kappa shape index (κ3) is 3.09. The maximum Gasteiger partial charge on any atom is 0.239 e. The molecule has 3 N–H and O–H groups in total. The number of amides is 1. The Morgan fingerprint density at radius 3 is 2.47 bits per heavy atom. The third-order valence-corrected chi connectivity index (χ3v) is 3.74. The summed E-state index contributed by atoms with van der Waals surface area (Å²) in [7, 11) is 0. The fourth-order valence-electron chi connectivity index (χ4n) is 2.69. The van der Waals surface area contributed by atoms with Crippen molar-refractivity contribution in [1.82, 2.24) is 4.68 Å². The van der Waals surface area contributed by atoms with Crippen LogP contribution >= 0.6 is 0 Å². The van der Waals surface area contributed by atoms with Gasteiger partial charge in [-0.25, -0.2) is 0 Å². The lowest BCUT2D eigenvalue weighted by Gasteiger charge is -2.35. The van der Waals surface area contributed by atoms with Crippen molar-refractivity contribution < 1.29 is 4.79 Å². The Hall–Kier alpha value is -1.29. The van der Waals surface area contributed by atoms with Gasteiger partial charge in [-0.2, -0.15) is 0 Å². The van der Waals surface area contributed by atoms with E-state index in [1.165, 1.54) is 19.3 Å². The molecule has 1 saturated carbocycles. The molecule has 1 aromatic rings.